The van der Waals surface area contributed by atoms with Gasteiger partial charge in [-0.15, -0.1) is 11.3 Å². The van der Waals surface area contributed by atoms with Gasteiger partial charge < -0.3 is 9.64 Å². The van der Waals surface area contributed by atoms with E-state index in [1.165, 1.54) is 17.8 Å². The van der Waals surface area contributed by atoms with Gasteiger partial charge >= 0.3 is 5.97 Å². The van der Waals surface area contributed by atoms with Gasteiger partial charge in [0.2, 0.25) is 0 Å². The van der Waals surface area contributed by atoms with Crippen molar-refractivity contribution in [3.05, 3.63) is 41.0 Å². The highest BCUT2D eigenvalue weighted by atomic mass is 32.1. The minimum atomic E-state index is -0.461. The molecule has 5 nitrogen and oxygen atoms in total. The number of aromatic nitrogens is 1. The quantitative estimate of drug-likeness (QED) is 0.762. The van der Waals surface area contributed by atoms with Crippen LogP contribution >= 0.6 is 11.3 Å². The number of nitrogens with zero attached hydrogens (tertiary/aromatic N) is 2. The summed E-state index contributed by atoms with van der Waals surface area (Å²) in [6, 6.07) is 5.55. The van der Waals surface area contributed by atoms with Crippen LogP contribution in [0.5, 0.6) is 0 Å². The van der Waals surface area contributed by atoms with Gasteiger partial charge in [0.25, 0.3) is 5.91 Å². The normalized spacial score (nSPS) is 17.2. The summed E-state index contributed by atoms with van der Waals surface area (Å²) in [5, 5.41) is 0. The molecular formula is C19H20N2O3S. The fourth-order valence-electron chi connectivity index (χ4n) is 3.23. The lowest BCUT2D eigenvalue weighted by Gasteiger charge is -2.27. The predicted molar refractivity (Wildman–Crippen MR) is 96.3 cm³/mol. The predicted octanol–water partition coefficient (Wildman–Crippen LogP) is 3.90. The molecule has 0 radical (unpaired) electrons. The first-order valence-corrected chi connectivity index (χ1v) is 9.62. The van der Waals surface area contributed by atoms with Crippen LogP contribution in [0.2, 0.25) is 0 Å². The first-order valence-electron chi connectivity index (χ1n) is 8.74. The lowest BCUT2D eigenvalue weighted by molar-refractivity contribution is -0.133. The van der Waals surface area contributed by atoms with Crippen LogP contribution in [0.3, 0.4) is 0 Å². The second kappa shape index (κ2) is 6.96. The molecule has 25 heavy (non-hydrogen) atoms. The van der Waals surface area contributed by atoms with Crippen LogP contribution in [0.15, 0.2) is 35.5 Å². The Hall–Kier alpha value is -2.21. The Labute approximate surface area is 150 Å². The van der Waals surface area contributed by atoms with Crippen LogP contribution in [-0.2, 0) is 9.53 Å². The van der Waals surface area contributed by atoms with Crippen molar-refractivity contribution in [3.8, 4) is 0 Å². The van der Waals surface area contributed by atoms with E-state index in [4.69, 9.17) is 4.74 Å². The van der Waals surface area contributed by atoms with Crippen molar-refractivity contribution < 1.29 is 14.3 Å². The molecule has 2 aliphatic rings. The number of carbonyl (C=O) groups is 2. The zero-order valence-electron chi connectivity index (χ0n) is 13.9. The topological polar surface area (TPSA) is 59.5 Å². The third kappa shape index (κ3) is 3.58. The first-order chi connectivity index (χ1) is 12.2. The van der Waals surface area contributed by atoms with Gasteiger partial charge in [-0.05, 0) is 56.7 Å². The highest BCUT2D eigenvalue weighted by Gasteiger charge is 2.35. The lowest BCUT2D eigenvalue weighted by atomic mass is 10.0. The van der Waals surface area contributed by atoms with Crippen molar-refractivity contribution >= 4 is 33.4 Å². The molecule has 4 rings (SSSR count). The SMILES string of the molecule is O=C(OCC(=O)N(C1=CCCCC1)C1CC1)c1ccc2ncsc2c1. The Morgan fingerprint density at radius 2 is 2.16 bits per heavy atom. The molecule has 0 bridgehead atoms. The van der Waals surface area contributed by atoms with E-state index >= 15 is 0 Å². The number of benzene rings is 1. The largest absolute Gasteiger partial charge is 0.452 e. The van der Waals surface area contributed by atoms with Gasteiger partial charge in [0.05, 0.1) is 21.3 Å². The lowest BCUT2D eigenvalue weighted by Crippen LogP contribution is -2.36. The van der Waals surface area contributed by atoms with E-state index in [2.05, 4.69) is 11.1 Å². The standard InChI is InChI=1S/C19H20N2O3S/c22-18(21(15-7-8-15)14-4-2-1-3-5-14)11-24-19(23)13-6-9-16-17(10-13)25-12-20-16/h4,6,9-10,12,15H,1-3,5,7-8,11H2. The van der Waals surface area contributed by atoms with E-state index in [0.717, 1.165) is 48.0 Å². The van der Waals surface area contributed by atoms with Gasteiger partial charge in [-0.1, -0.05) is 6.08 Å². The average Bonchev–Trinajstić information content (AvgIpc) is 3.35. The zero-order valence-corrected chi connectivity index (χ0v) is 14.8. The van der Waals surface area contributed by atoms with Gasteiger partial charge in [0.1, 0.15) is 0 Å². The molecule has 1 fully saturated rings. The van der Waals surface area contributed by atoms with E-state index in [1.807, 2.05) is 4.90 Å². The highest BCUT2D eigenvalue weighted by Crippen LogP contribution is 2.33. The number of allylic oxidation sites excluding steroid dienone is 2. The number of fused-ring (bicyclic) bond motifs is 1. The first kappa shape index (κ1) is 16.3. The molecule has 6 heteroatoms. The molecule has 1 amide bonds. The highest BCUT2D eigenvalue weighted by molar-refractivity contribution is 7.16. The molecule has 0 saturated heterocycles. The van der Waals surface area contributed by atoms with Gasteiger partial charge in [0, 0.05) is 11.7 Å². The Morgan fingerprint density at radius 1 is 1.28 bits per heavy atom. The molecule has 0 unspecified atom stereocenters. The molecule has 0 N–H and O–H groups in total. The number of amides is 1. The number of rotatable bonds is 5. The Kier molecular flexibility index (Phi) is 4.53. The summed E-state index contributed by atoms with van der Waals surface area (Å²) in [6.45, 7) is -0.201. The monoisotopic (exact) mass is 356 g/mol. The Bertz CT molecular complexity index is 838. The number of carbonyl (C=O) groups excluding carboxylic acids is 2. The van der Waals surface area contributed by atoms with Crippen molar-refractivity contribution in [1.82, 2.24) is 9.88 Å². The minimum absolute atomic E-state index is 0.108. The maximum Gasteiger partial charge on any atom is 0.338 e. The van der Waals surface area contributed by atoms with Gasteiger partial charge in [-0.25, -0.2) is 9.78 Å². The zero-order chi connectivity index (χ0) is 17.2. The van der Waals surface area contributed by atoms with Crippen LogP contribution in [0.1, 0.15) is 48.9 Å². The van der Waals surface area contributed by atoms with Crippen molar-refractivity contribution in [1.29, 1.82) is 0 Å². The number of thiazole rings is 1. The molecule has 0 aliphatic heterocycles. The molecular weight excluding hydrogens is 336 g/mol. The Morgan fingerprint density at radius 3 is 2.92 bits per heavy atom. The second-order valence-corrected chi connectivity index (χ2v) is 7.43. The maximum atomic E-state index is 12.6. The van der Waals surface area contributed by atoms with Crippen LogP contribution < -0.4 is 0 Å². The van der Waals surface area contributed by atoms with Crippen LogP contribution in [0, 0.1) is 0 Å². The molecule has 2 aliphatic carbocycles. The fraction of sp³-hybridized carbons (Fsp3) is 0.421. The third-order valence-electron chi connectivity index (χ3n) is 4.65. The molecule has 1 saturated carbocycles. The number of hydrogen-bond donors (Lipinski definition) is 0. The van der Waals surface area contributed by atoms with Crippen LogP contribution in [0.25, 0.3) is 10.2 Å². The summed E-state index contributed by atoms with van der Waals surface area (Å²) >= 11 is 1.48. The number of ether oxygens (including phenoxy) is 1. The molecule has 2 aromatic rings. The summed E-state index contributed by atoms with van der Waals surface area (Å²) in [4.78, 5) is 31.0. The van der Waals surface area contributed by atoms with E-state index in [0.29, 0.717) is 11.6 Å². The molecule has 1 aromatic heterocycles. The molecule has 0 spiro atoms. The van der Waals surface area contributed by atoms with Gasteiger partial charge in [-0.2, -0.15) is 0 Å². The molecule has 1 aromatic carbocycles. The number of hydrogen-bond acceptors (Lipinski definition) is 5. The van der Waals surface area contributed by atoms with Crippen LogP contribution in [0.4, 0.5) is 0 Å². The maximum absolute atomic E-state index is 12.6. The second-order valence-electron chi connectivity index (χ2n) is 6.55. The summed E-state index contributed by atoms with van der Waals surface area (Å²) in [5.74, 6) is -0.570. The minimum Gasteiger partial charge on any atom is -0.452 e. The van der Waals surface area contributed by atoms with Crippen molar-refractivity contribution in [2.45, 2.75) is 44.6 Å². The van der Waals surface area contributed by atoms with Gasteiger partial charge in [0.15, 0.2) is 6.61 Å². The third-order valence-corrected chi connectivity index (χ3v) is 5.44. The summed E-state index contributed by atoms with van der Waals surface area (Å²) in [7, 11) is 0. The van der Waals surface area contributed by atoms with Crippen molar-refractivity contribution in [3.63, 3.8) is 0 Å². The van der Waals surface area contributed by atoms with Crippen LogP contribution in [-0.4, -0.2) is 34.4 Å². The van der Waals surface area contributed by atoms with Gasteiger partial charge in [-0.3, -0.25) is 4.79 Å². The van der Waals surface area contributed by atoms with Crippen molar-refractivity contribution in [2.24, 2.45) is 0 Å². The van der Waals surface area contributed by atoms with E-state index in [-0.39, 0.29) is 12.5 Å². The molecule has 0 atom stereocenters. The average molecular weight is 356 g/mol. The molecule has 130 valence electrons. The summed E-state index contributed by atoms with van der Waals surface area (Å²) < 4.78 is 6.23. The molecule has 1 heterocycles. The Balaban J connectivity index is 1.41. The van der Waals surface area contributed by atoms with E-state index < -0.39 is 5.97 Å². The van der Waals surface area contributed by atoms with E-state index in [9.17, 15) is 9.59 Å². The van der Waals surface area contributed by atoms with Crippen molar-refractivity contribution in [2.75, 3.05) is 6.61 Å². The fourth-order valence-corrected chi connectivity index (χ4v) is 3.95. The summed E-state index contributed by atoms with van der Waals surface area (Å²) in [6.07, 6.45) is 8.53. The summed E-state index contributed by atoms with van der Waals surface area (Å²) in [5.41, 5.74) is 4.18. The number of esters is 1. The smallest absolute Gasteiger partial charge is 0.338 e. The van der Waals surface area contributed by atoms with E-state index in [1.54, 1.807) is 23.7 Å².